The maximum Gasteiger partial charge on any atom is 0.0370 e. The first-order valence-corrected chi connectivity index (χ1v) is 8.14. The second-order valence-electron chi connectivity index (χ2n) is 6.33. The molecular weight excluding hydrogens is 300 g/mol. The van der Waals surface area contributed by atoms with E-state index < -0.39 is 0 Å². The number of rotatable bonds is 2. The largest absolute Gasteiger partial charge is 0.370 e. The molecule has 1 aliphatic heterocycles. The van der Waals surface area contributed by atoms with Crippen molar-refractivity contribution in [2.24, 2.45) is 5.92 Å². The summed E-state index contributed by atoms with van der Waals surface area (Å²) >= 11 is 3.59. The summed E-state index contributed by atoms with van der Waals surface area (Å²) in [6, 6.07) is 6.73. The van der Waals surface area contributed by atoms with Crippen LogP contribution in [0.4, 0.5) is 5.69 Å². The van der Waals surface area contributed by atoms with E-state index >= 15 is 0 Å². The van der Waals surface area contributed by atoms with Gasteiger partial charge in [-0.05, 0) is 69.3 Å². The fourth-order valence-electron chi connectivity index (χ4n) is 3.22. The summed E-state index contributed by atoms with van der Waals surface area (Å²) in [5.41, 5.74) is 3.00. The molecule has 1 aliphatic carbocycles. The monoisotopic (exact) mass is 322 g/mol. The Bertz CT molecular complexity index is 470. The number of benzene rings is 1. The minimum Gasteiger partial charge on any atom is -0.370 e. The molecule has 104 valence electrons. The van der Waals surface area contributed by atoms with E-state index in [4.69, 9.17) is 0 Å². The van der Waals surface area contributed by atoms with Gasteiger partial charge in [-0.3, -0.25) is 0 Å². The van der Waals surface area contributed by atoms with Crippen LogP contribution in [0.3, 0.4) is 0 Å². The van der Waals surface area contributed by atoms with Crippen LogP contribution in [-0.4, -0.2) is 25.2 Å². The number of nitrogens with one attached hydrogen (secondary N) is 1. The standard InChI is InChI=1S/C16H23BrN2/c1-12-10-14(6-7-15(12)17)19-9-3-8-18-16(2,11-19)13-4-5-13/h6-7,10,13,18H,3-5,8-9,11H2,1-2H3. The summed E-state index contributed by atoms with van der Waals surface area (Å²) in [5.74, 6) is 0.879. The van der Waals surface area contributed by atoms with Crippen molar-refractivity contribution in [1.29, 1.82) is 0 Å². The zero-order chi connectivity index (χ0) is 13.5. The normalized spacial score (nSPS) is 28.3. The number of halogens is 1. The molecule has 1 saturated carbocycles. The van der Waals surface area contributed by atoms with Gasteiger partial charge in [-0.15, -0.1) is 0 Å². The van der Waals surface area contributed by atoms with Gasteiger partial charge >= 0.3 is 0 Å². The number of nitrogens with zero attached hydrogens (tertiary/aromatic N) is 1. The third-order valence-electron chi connectivity index (χ3n) is 4.64. The maximum atomic E-state index is 3.79. The average Bonchev–Trinajstić information content (AvgIpc) is 3.19. The van der Waals surface area contributed by atoms with Gasteiger partial charge in [0.25, 0.3) is 0 Å². The number of anilines is 1. The highest BCUT2D eigenvalue weighted by molar-refractivity contribution is 9.10. The molecule has 2 nitrogen and oxygen atoms in total. The van der Waals surface area contributed by atoms with Crippen LogP contribution >= 0.6 is 15.9 Å². The molecule has 0 radical (unpaired) electrons. The Morgan fingerprint density at radius 1 is 1.37 bits per heavy atom. The summed E-state index contributed by atoms with van der Waals surface area (Å²) in [7, 11) is 0. The highest BCUT2D eigenvalue weighted by atomic mass is 79.9. The molecule has 1 unspecified atom stereocenters. The van der Waals surface area contributed by atoms with Crippen molar-refractivity contribution in [2.45, 2.75) is 38.6 Å². The molecule has 1 heterocycles. The fourth-order valence-corrected chi connectivity index (χ4v) is 3.46. The third kappa shape index (κ3) is 2.82. The molecule has 3 rings (SSSR count). The van der Waals surface area contributed by atoms with E-state index in [1.807, 2.05) is 0 Å². The van der Waals surface area contributed by atoms with E-state index in [9.17, 15) is 0 Å². The van der Waals surface area contributed by atoms with E-state index in [0.29, 0.717) is 5.54 Å². The van der Waals surface area contributed by atoms with Crippen molar-refractivity contribution in [2.75, 3.05) is 24.5 Å². The fraction of sp³-hybridized carbons (Fsp3) is 0.625. The van der Waals surface area contributed by atoms with Crippen LogP contribution in [0.1, 0.15) is 31.7 Å². The minimum absolute atomic E-state index is 0.303. The van der Waals surface area contributed by atoms with Crippen LogP contribution in [0.15, 0.2) is 22.7 Å². The van der Waals surface area contributed by atoms with Crippen molar-refractivity contribution < 1.29 is 0 Å². The summed E-state index contributed by atoms with van der Waals surface area (Å²) in [6.45, 7) is 8.03. The smallest absolute Gasteiger partial charge is 0.0370 e. The van der Waals surface area contributed by atoms with Gasteiger partial charge in [0.1, 0.15) is 0 Å². The second-order valence-corrected chi connectivity index (χ2v) is 7.18. The lowest BCUT2D eigenvalue weighted by Crippen LogP contribution is -2.51. The van der Waals surface area contributed by atoms with Gasteiger partial charge in [0.15, 0.2) is 0 Å². The SMILES string of the molecule is Cc1cc(N2CCCNC(C)(C3CC3)C2)ccc1Br. The lowest BCUT2D eigenvalue weighted by molar-refractivity contribution is 0.331. The molecule has 1 atom stereocenters. The van der Waals surface area contributed by atoms with Crippen molar-refractivity contribution in [3.05, 3.63) is 28.2 Å². The second kappa shape index (κ2) is 5.10. The van der Waals surface area contributed by atoms with E-state index in [1.54, 1.807) is 0 Å². The quantitative estimate of drug-likeness (QED) is 0.892. The Balaban J connectivity index is 1.83. The number of aryl methyl sites for hydroxylation is 1. The highest BCUT2D eigenvalue weighted by Gasteiger charge is 2.43. The predicted octanol–water partition coefficient (Wildman–Crippen LogP) is 3.73. The maximum absolute atomic E-state index is 3.79. The predicted molar refractivity (Wildman–Crippen MR) is 84.8 cm³/mol. The highest BCUT2D eigenvalue weighted by Crippen LogP contribution is 2.41. The lowest BCUT2D eigenvalue weighted by atomic mass is 9.95. The Morgan fingerprint density at radius 3 is 2.84 bits per heavy atom. The molecular formula is C16H23BrN2. The zero-order valence-electron chi connectivity index (χ0n) is 11.9. The first-order valence-electron chi connectivity index (χ1n) is 7.35. The molecule has 1 saturated heterocycles. The van der Waals surface area contributed by atoms with Crippen LogP contribution in [0.5, 0.6) is 0 Å². The molecule has 0 amide bonds. The average molecular weight is 323 g/mol. The molecule has 1 N–H and O–H groups in total. The van der Waals surface area contributed by atoms with Crippen LogP contribution in [-0.2, 0) is 0 Å². The van der Waals surface area contributed by atoms with E-state index in [2.05, 4.69) is 58.2 Å². The molecule has 0 spiro atoms. The third-order valence-corrected chi connectivity index (χ3v) is 5.53. The van der Waals surface area contributed by atoms with Crippen LogP contribution in [0.2, 0.25) is 0 Å². The molecule has 0 aromatic heterocycles. The molecule has 0 bridgehead atoms. The van der Waals surface area contributed by atoms with Gasteiger partial charge in [0.05, 0.1) is 0 Å². The Hall–Kier alpha value is -0.540. The van der Waals surface area contributed by atoms with Gasteiger partial charge in [-0.2, -0.15) is 0 Å². The Kier molecular flexibility index (Phi) is 3.61. The van der Waals surface area contributed by atoms with Crippen molar-refractivity contribution in [3.63, 3.8) is 0 Å². The van der Waals surface area contributed by atoms with Gasteiger partial charge in [-0.1, -0.05) is 15.9 Å². The molecule has 2 fully saturated rings. The first kappa shape index (κ1) is 13.4. The van der Waals surface area contributed by atoms with Gasteiger partial charge in [-0.25, -0.2) is 0 Å². The molecule has 1 aromatic rings. The summed E-state index contributed by atoms with van der Waals surface area (Å²) in [4.78, 5) is 2.57. The van der Waals surface area contributed by atoms with Gasteiger partial charge < -0.3 is 10.2 Å². The molecule has 3 heteroatoms. The van der Waals surface area contributed by atoms with Gasteiger partial charge in [0.2, 0.25) is 0 Å². The zero-order valence-corrected chi connectivity index (χ0v) is 13.5. The molecule has 19 heavy (non-hydrogen) atoms. The van der Waals surface area contributed by atoms with Gasteiger partial charge in [0, 0.05) is 28.8 Å². The van der Waals surface area contributed by atoms with Crippen LogP contribution < -0.4 is 10.2 Å². The molecule has 2 aliphatic rings. The van der Waals surface area contributed by atoms with E-state index in [1.165, 1.54) is 35.0 Å². The summed E-state index contributed by atoms with van der Waals surface area (Å²) < 4.78 is 1.20. The van der Waals surface area contributed by atoms with E-state index in [-0.39, 0.29) is 0 Å². The Labute approximate surface area is 124 Å². The summed E-state index contributed by atoms with van der Waals surface area (Å²) in [6.07, 6.45) is 4.03. The summed E-state index contributed by atoms with van der Waals surface area (Å²) in [5, 5.41) is 3.79. The van der Waals surface area contributed by atoms with Crippen LogP contribution in [0.25, 0.3) is 0 Å². The molecule has 1 aromatic carbocycles. The van der Waals surface area contributed by atoms with E-state index in [0.717, 1.165) is 25.6 Å². The lowest BCUT2D eigenvalue weighted by Gasteiger charge is -2.35. The van der Waals surface area contributed by atoms with Crippen LogP contribution in [0, 0.1) is 12.8 Å². The van der Waals surface area contributed by atoms with Crippen molar-refractivity contribution >= 4 is 21.6 Å². The topological polar surface area (TPSA) is 15.3 Å². The Morgan fingerprint density at radius 2 is 2.16 bits per heavy atom. The number of hydrogen-bond donors (Lipinski definition) is 1. The van der Waals surface area contributed by atoms with Crippen molar-refractivity contribution in [1.82, 2.24) is 5.32 Å². The minimum atomic E-state index is 0.303. The van der Waals surface area contributed by atoms with Crippen molar-refractivity contribution in [3.8, 4) is 0 Å². The first-order chi connectivity index (χ1) is 9.08. The number of hydrogen-bond acceptors (Lipinski definition) is 2.